The summed E-state index contributed by atoms with van der Waals surface area (Å²) in [6.45, 7) is 15.4. The number of nitrogens with zero attached hydrogens (tertiary/aromatic N) is 1. The molecule has 104 valence electrons. The van der Waals surface area contributed by atoms with Gasteiger partial charge in [-0.05, 0) is 31.3 Å². The quantitative estimate of drug-likeness (QED) is 0.604. The molecule has 3 nitrogen and oxygen atoms in total. The molecule has 3 heteroatoms. The highest BCUT2D eigenvalue weighted by atomic mass is 16.5. The highest BCUT2D eigenvalue weighted by molar-refractivity contribution is 4.82. The van der Waals surface area contributed by atoms with Gasteiger partial charge in [-0.1, -0.05) is 27.7 Å². The maximum atomic E-state index is 5.18. The number of hydrogen-bond donors (Lipinski definition) is 1. The molecule has 0 atom stereocenters. The van der Waals surface area contributed by atoms with E-state index in [1.54, 1.807) is 7.11 Å². The maximum Gasteiger partial charge on any atom is 0.0589 e. The van der Waals surface area contributed by atoms with E-state index in [4.69, 9.17) is 4.74 Å². The number of ether oxygens (including phenoxy) is 1. The van der Waals surface area contributed by atoms with Gasteiger partial charge in [0.2, 0.25) is 0 Å². The van der Waals surface area contributed by atoms with Gasteiger partial charge in [0.05, 0.1) is 6.61 Å². The van der Waals surface area contributed by atoms with Crippen LogP contribution in [0.5, 0.6) is 0 Å². The normalized spacial score (nSPS) is 12.4. The minimum Gasteiger partial charge on any atom is -0.383 e. The average molecular weight is 244 g/mol. The van der Waals surface area contributed by atoms with Crippen molar-refractivity contribution in [3.05, 3.63) is 0 Å². The van der Waals surface area contributed by atoms with Crippen LogP contribution in [-0.4, -0.2) is 51.3 Å². The minimum atomic E-state index is 0.416. The molecule has 0 fully saturated rings. The lowest BCUT2D eigenvalue weighted by atomic mass is 9.81. The molecule has 0 aliphatic carbocycles. The van der Waals surface area contributed by atoms with Gasteiger partial charge in [0, 0.05) is 26.7 Å². The van der Waals surface area contributed by atoms with Crippen LogP contribution in [0.15, 0.2) is 0 Å². The first-order valence-corrected chi connectivity index (χ1v) is 7.10. The Morgan fingerprint density at radius 3 is 2.18 bits per heavy atom. The van der Waals surface area contributed by atoms with Gasteiger partial charge in [-0.3, -0.25) is 0 Å². The van der Waals surface area contributed by atoms with Gasteiger partial charge in [0.1, 0.15) is 0 Å². The molecule has 0 aliphatic rings. The largest absolute Gasteiger partial charge is 0.383 e. The van der Waals surface area contributed by atoms with Crippen LogP contribution in [0.4, 0.5) is 0 Å². The Balaban J connectivity index is 4.36. The summed E-state index contributed by atoms with van der Waals surface area (Å²) in [7, 11) is 1.78. The van der Waals surface area contributed by atoms with Crippen molar-refractivity contribution in [2.75, 3.05) is 46.4 Å². The van der Waals surface area contributed by atoms with E-state index in [-0.39, 0.29) is 0 Å². The van der Waals surface area contributed by atoms with E-state index in [1.807, 2.05) is 0 Å². The Kier molecular flexibility index (Phi) is 9.79. The van der Waals surface area contributed by atoms with E-state index < -0.39 is 0 Å². The van der Waals surface area contributed by atoms with Gasteiger partial charge in [0.25, 0.3) is 0 Å². The zero-order valence-corrected chi connectivity index (χ0v) is 12.5. The number of nitrogens with one attached hydrogen (secondary N) is 1. The van der Waals surface area contributed by atoms with Crippen molar-refractivity contribution < 1.29 is 4.74 Å². The van der Waals surface area contributed by atoms with E-state index in [0.29, 0.717) is 5.41 Å². The fourth-order valence-corrected chi connectivity index (χ4v) is 2.21. The molecule has 0 spiro atoms. The van der Waals surface area contributed by atoms with Crippen molar-refractivity contribution >= 4 is 0 Å². The molecule has 1 N–H and O–H groups in total. The lowest BCUT2D eigenvalue weighted by Crippen LogP contribution is -2.44. The van der Waals surface area contributed by atoms with Crippen molar-refractivity contribution in [2.24, 2.45) is 5.41 Å². The minimum absolute atomic E-state index is 0.416. The maximum absolute atomic E-state index is 5.18. The summed E-state index contributed by atoms with van der Waals surface area (Å²) in [6.07, 6.45) is 2.47. The molecular formula is C14H32N2O. The fraction of sp³-hybridized carbons (Fsp3) is 1.00. The van der Waals surface area contributed by atoms with Crippen LogP contribution in [0.25, 0.3) is 0 Å². The van der Waals surface area contributed by atoms with Crippen LogP contribution in [0.3, 0.4) is 0 Å². The second-order valence-electron chi connectivity index (χ2n) is 4.85. The molecule has 0 amide bonds. The molecule has 0 aromatic carbocycles. The van der Waals surface area contributed by atoms with Crippen molar-refractivity contribution in [3.8, 4) is 0 Å². The number of likely N-dealkylation sites (N-methyl/N-ethyl adjacent to an activating group) is 1. The zero-order chi connectivity index (χ0) is 13.1. The Morgan fingerprint density at radius 1 is 1.12 bits per heavy atom. The molecule has 0 rings (SSSR count). The first-order valence-electron chi connectivity index (χ1n) is 7.10. The Labute approximate surface area is 108 Å². The highest BCUT2D eigenvalue weighted by Gasteiger charge is 2.27. The predicted octanol–water partition coefficient (Wildman–Crippen LogP) is 2.37. The summed E-state index contributed by atoms with van der Waals surface area (Å²) < 4.78 is 5.18. The highest BCUT2D eigenvalue weighted by Crippen LogP contribution is 2.26. The van der Waals surface area contributed by atoms with Crippen molar-refractivity contribution in [1.82, 2.24) is 10.2 Å². The van der Waals surface area contributed by atoms with Gasteiger partial charge >= 0.3 is 0 Å². The van der Waals surface area contributed by atoms with Crippen molar-refractivity contribution in [3.63, 3.8) is 0 Å². The number of rotatable bonds is 11. The van der Waals surface area contributed by atoms with Gasteiger partial charge in [0.15, 0.2) is 0 Å². The van der Waals surface area contributed by atoms with E-state index in [1.165, 1.54) is 19.4 Å². The number of hydrogen-bond acceptors (Lipinski definition) is 3. The van der Waals surface area contributed by atoms with E-state index in [9.17, 15) is 0 Å². The molecule has 0 aromatic heterocycles. The van der Waals surface area contributed by atoms with Crippen molar-refractivity contribution in [1.29, 1.82) is 0 Å². The van der Waals surface area contributed by atoms with Gasteiger partial charge in [-0.25, -0.2) is 0 Å². The Bertz CT molecular complexity index is 170. The van der Waals surface area contributed by atoms with Crippen molar-refractivity contribution in [2.45, 2.75) is 40.5 Å². The first kappa shape index (κ1) is 16.9. The van der Waals surface area contributed by atoms with Crippen LogP contribution in [-0.2, 0) is 4.74 Å². The second-order valence-corrected chi connectivity index (χ2v) is 4.85. The molecule has 0 saturated carbocycles. The first-order chi connectivity index (χ1) is 8.17. The summed E-state index contributed by atoms with van der Waals surface area (Å²) in [5.41, 5.74) is 0.416. The molecule has 0 aliphatic heterocycles. The lowest BCUT2D eigenvalue weighted by molar-refractivity contribution is 0.102. The summed E-state index contributed by atoms with van der Waals surface area (Å²) >= 11 is 0. The molecule has 0 radical (unpaired) electrons. The monoisotopic (exact) mass is 244 g/mol. The summed E-state index contributed by atoms with van der Waals surface area (Å²) in [4.78, 5) is 2.51. The van der Waals surface area contributed by atoms with Gasteiger partial charge < -0.3 is 15.0 Å². The summed E-state index contributed by atoms with van der Waals surface area (Å²) in [6, 6.07) is 0. The zero-order valence-electron chi connectivity index (χ0n) is 12.5. The third kappa shape index (κ3) is 6.39. The van der Waals surface area contributed by atoms with Crippen LogP contribution in [0.2, 0.25) is 0 Å². The number of methoxy groups -OCH3 is 1. The van der Waals surface area contributed by atoms with E-state index in [2.05, 4.69) is 37.9 Å². The Hall–Kier alpha value is -0.120. The van der Waals surface area contributed by atoms with Gasteiger partial charge in [-0.15, -0.1) is 0 Å². The molecule has 0 saturated heterocycles. The SMILES string of the molecule is CCNCC(CC)(CC)CN(CC)CCOC. The third-order valence-electron chi connectivity index (χ3n) is 3.87. The standard InChI is InChI=1S/C14H32N2O/c1-6-14(7-2,12-15-8-3)13-16(9-4)10-11-17-5/h15H,6-13H2,1-5H3. The van der Waals surface area contributed by atoms with E-state index in [0.717, 1.165) is 32.8 Å². The molecule has 0 heterocycles. The molecule has 0 unspecified atom stereocenters. The second kappa shape index (κ2) is 9.86. The Morgan fingerprint density at radius 2 is 1.76 bits per heavy atom. The summed E-state index contributed by atoms with van der Waals surface area (Å²) in [5, 5.41) is 3.52. The summed E-state index contributed by atoms with van der Waals surface area (Å²) in [5.74, 6) is 0. The third-order valence-corrected chi connectivity index (χ3v) is 3.87. The fourth-order valence-electron chi connectivity index (χ4n) is 2.21. The predicted molar refractivity (Wildman–Crippen MR) is 75.5 cm³/mol. The molecule has 0 aromatic rings. The lowest BCUT2D eigenvalue weighted by Gasteiger charge is -2.37. The average Bonchev–Trinajstić information content (AvgIpc) is 2.39. The smallest absolute Gasteiger partial charge is 0.0589 e. The topological polar surface area (TPSA) is 24.5 Å². The van der Waals surface area contributed by atoms with E-state index >= 15 is 0 Å². The molecular weight excluding hydrogens is 212 g/mol. The van der Waals surface area contributed by atoms with Gasteiger partial charge in [-0.2, -0.15) is 0 Å². The van der Waals surface area contributed by atoms with Crippen LogP contribution >= 0.6 is 0 Å². The van der Waals surface area contributed by atoms with Crippen LogP contribution in [0.1, 0.15) is 40.5 Å². The van der Waals surface area contributed by atoms with Crippen LogP contribution in [0, 0.1) is 5.41 Å². The molecule has 0 bridgehead atoms. The molecule has 17 heavy (non-hydrogen) atoms. The van der Waals surface area contributed by atoms with Crippen LogP contribution < -0.4 is 5.32 Å².